The number of hydrogen-bond donors (Lipinski definition) is 3. The highest BCUT2D eigenvalue weighted by molar-refractivity contribution is 14.0. The Labute approximate surface area is 151 Å². The predicted molar refractivity (Wildman–Crippen MR) is 104 cm³/mol. The van der Waals surface area contributed by atoms with Crippen LogP contribution in [0.15, 0.2) is 23.5 Å². The summed E-state index contributed by atoms with van der Waals surface area (Å²) in [5.41, 5.74) is 0.154. The van der Waals surface area contributed by atoms with Crippen molar-refractivity contribution in [2.24, 2.45) is 4.99 Å². The summed E-state index contributed by atoms with van der Waals surface area (Å²) in [6.07, 6.45) is 4.76. The van der Waals surface area contributed by atoms with Crippen LogP contribution in [0.4, 0.5) is 0 Å². The fraction of sp³-hybridized carbons (Fsp3) is 0.733. The quantitative estimate of drug-likeness (QED) is 0.259. The lowest BCUT2D eigenvalue weighted by molar-refractivity contribution is 0.428. The van der Waals surface area contributed by atoms with Crippen molar-refractivity contribution in [3.8, 4) is 0 Å². The third-order valence-electron chi connectivity index (χ3n) is 2.79. The normalized spacial score (nSPS) is 11.9. The summed E-state index contributed by atoms with van der Waals surface area (Å²) < 4.78 is 1.93. The molecule has 0 atom stereocenters. The summed E-state index contributed by atoms with van der Waals surface area (Å²) >= 11 is 0. The van der Waals surface area contributed by atoms with Gasteiger partial charge >= 0.3 is 0 Å². The van der Waals surface area contributed by atoms with Crippen molar-refractivity contribution in [1.82, 2.24) is 25.7 Å². The van der Waals surface area contributed by atoms with Gasteiger partial charge in [0.15, 0.2) is 5.96 Å². The standard InChI is InChI=1S/C15H30N6.HI/c1-5-16-14(18-10-11-19-15(2,3)4)17-8-6-12-21-13-7-9-20-21;/h7,9,13,19H,5-6,8,10-12H2,1-4H3,(H2,16,17,18);1H. The highest BCUT2D eigenvalue weighted by atomic mass is 127. The van der Waals surface area contributed by atoms with Crippen molar-refractivity contribution in [3.05, 3.63) is 18.5 Å². The van der Waals surface area contributed by atoms with Gasteiger partial charge in [-0.05, 0) is 40.2 Å². The van der Waals surface area contributed by atoms with Crippen molar-refractivity contribution in [2.75, 3.05) is 26.2 Å². The number of aryl methyl sites for hydroxylation is 1. The van der Waals surface area contributed by atoms with E-state index in [0.29, 0.717) is 0 Å². The molecule has 0 fully saturated rings. The molecule has 0 amide bonds. The van der Waals surface area contributed by atoms with E-state index in [1.54, 1.807) is 6.20 Å². The van der Waals surface area contributed by atoms with Crippen molar-refractivity contribution in [2.45, 2.75) is 46.2 Å². The number of nitrogens with one attached hydrogen (secondary N) is 3. The first-order valence-electron chi connectivity index (χ1n) is 7.76. The zero-order valence-electron chi connectivity index (χ0n) is 14.2. The molecule has 0 saturated carbocycles. The molecule has 1 aromatic rings. The van der Waals surface area contributed by atoms with E-state index in [0.717, 1.165) is 45.1 Å². The molecule has 0 radical (unpaired) electrons. The Kier molecular flexibility index (Phi) is 11.3. The molecule has 1 heterocycles. The van der Waals surface area contributed by atoms with Crippen LogP contribution in [0.5, 0.6) is 0 Å². The van der Waals surface area contributed by atoms with E-state index in [2.05, 4.69) is 53.7 Å². The number of aromatic nitrogens is 2. The Morgan fingerprint density at radius 2 is 2.00 bits per heavy atom. The summed E-state index contributed by atoms with van der Waals surface area (Å²) in [5.74, 6) is 0.883. The largest absolute Gasteiger partial charge is 0.357 e. The number of aliphatic imine (C=N–C) groups is 1. The van der Waals surface area contributed by atoms with Crippen molar-refractivity contribution in [3.63, 3.8) is 0 Å². The van der Waals surface area contributed by atoms with E-state index in [1.165, 1.54) is 0 Å². The van der Waals surface area contributed by atoms with Crippen LogP contribution in [-0.2, 0) is 6.54 Å². The molecular weight excluding hydrogens is 391 g/mol. The Morgan fingerprint density at radius 1 is 1.23 bits per heavy atom. The van der Waals surface area contributed by atoms with Crippen molar-refractivity contribution >= 4 is 29.9 Å². The van der Waals surface area contributed by atoms with Gasteiger partial charge in [-0.15, -0.1) is 24.0 Å². The summed E-state index contributed by atoms with van der Waals surface area (Å²) in [6, 6.07) is 1.94. The molecule has 128 valence electrons. The molecule has 6 nitrogen and oxygen atoms in total. The van der Waals surface area contributed by atoms with Crippen LogP contribution in [0.25, 0.3) is 0 Å². The average molecular weight is 422 g/mol. The van der Waals surface area contributed by atoms with Gasteiger partial charge in [0.1, 0.15) is 0 Å². The number of rotatable bonds is 8. The van der Waals surface area contributed by atoms with E-state index < -0.39 is 0 Å². The minimum atomic E-state index is 0. The smallest absolute Gasteiger partial charge is 0.191 e. The third-order valence-corrected chi connectivity index (χ3v) is 2.79. The fourth-order valence-electron chi connectivity index (χ4n) is 1.82. The van der Waals surface area contributed by atoms with Crippen LogP contribution >= 0.6 is 24.0 Å². The average Bonchev–Trinajstić information content (AvgIpc) is 2.91. The molecule has 0 spiro atoms. The summed E-state index contributed by atoms with van der Waals surface area (Å²) in [6.45, 7) is 12.9. The van der Waals surface area contributed by atoms with Crippen LogP contribution in [0.2, 0.25) is 0 Å². The lowest BCUT2D eigenvalue weighted by atomic mass is 10.1. The maximum absolute atomic E-state index is 4.57. The zero-order chi connectivity index (χ0) is 15.6. The summed E-state index contributed by atoms with van der Waals surface area (Å²) in [4.78, 5) is 4.57. The van der Waals surface area contributed by atoms with E-state index in [4.69, 9.17) is 0 Å². The van der Waals surface area contributed by atoms with Gasteiger partial charge in [-0.25, -0.2) is 0 Å². The van der Waals surface area contributed by atoms with Gasteiger partial charge in [0.2, 0.25) is 0 Å². The molecule has 0 unspecified atom stereocenters. The molecule has 1 aromatic heterocycles. The van der Waals surface area contributed by atoms with Gasteiger partial charge in [0, 0.05) is 50.7 Å². The Morgan fingerprint density at radius 3 is 2.59 bits per heavy atom. The number of nitrogens with zero attached hydrogens (tertiary/aromatic N) is 3. The van der Waals surface area contributed by atoms with E-state index in [-0.39, 0.29) is 29.5 Å². The van der Waals surface area contributed by atoms with E-state index >= 15 is 0 Å². The van der Waals surface area contributed by atoms with Crippen LogP contribution < -0.4 is 16.0 Å². The van der Waals surface area contributed by atoms with Gasteiger partial charge < -0.3 is 16.0 Å². The van der Waals surface area contributed by atoms with E-state index in [9.17, 15) is 0 Å². The van der Waals surface area contributed by atoms with Crippen LogP contribution in [0, 0.1) is 0 Å². The SMILES string of the molecule is CCNC(=NCCCn1cccn1)NCCNC(C)(C)C.I. The number of hydrogen-bond acceptors (Lipinski definition) is 3. The second-order valence-corrected chi connectivity index (χ2v) is 5.99. The Bertz CT molecular complexity index is 397. The second-order valence-electron chi connectivity index (χ2n) is 5.99. The molecule has 0 aliphatic rings. The lowest BCUT2D eigenvalue weighted by Gasteiger charge is -2.21. The van der Waals surface area contributed by atoms with Gasteiger partial charge in [-0.3, -0.25) is 9.67 Å². The topological polar surface area (TPSA) is 66.3 Å². The van der Waals surface area contributed by atoms with Crippen molar-refractivity contribution < 1.29 is 0 Å². The second kappa shape index (κ2) is 11.7. The first-order valence-corrected chi connectivity index (χ1v) is 7.76. The monoisotopic (exact) mass is 422 g/mol. The maximum Gasteiger partial charge on any atom is 0.191 e. The Hall–Kier alpha value is -0.830. The number of guanidine groups is 1. The van der Waals surface area contributed by atoms with Gasteiger partial charge in [0.05, 0.1) is 0 Å². The minimum Gasteiger partial charge on any atom is -0.357 e. The van der Waals surface area contributed by atoms with Gasteiger partial charge in [0.25, 0.3) is 0 Å². The maximum atomic E-state index is 4.57. The van der Waals surface area contributed by atoms with Crippen LogP contribution in [-0.4, -0.2) is 47.5 Å². The minimum absolute atomic E-state index is 0. The lowest BCUT2D eigenvalue weighted by Crippen LogP contribution is -2.44. The highest BCUT2D eigenvalue weighted by Gasteiger charge is 2.07. The van der Waals surface area contributed by atoms with Gasteiger partial charge in [-0.2, -0.15) is 5.10 Å². The fourth-order valence-corrected chi connectivity index (χ4v) is 1.82. The third kappa shape index (κ3) is 10.8. The molecule has 3 N–H and O–H groups in total. The molecule has 0 aliphatic carbocycles. The molecule has 0 bridgehead atoms. The summed E-state index contributed by atoms with van der Waals surface area (Å²) in [5, 5.41) is 14.2. The Balaban J connectivity index is 0.00000441. The van der Waals surface area contributed by atoms with Crippen molar-refractivity contribution in [1.29, 1.82) is 0 Å². The van der Waals surface area contributed by atoms with Crippen LogP contribution in [0.3, 0.4) is 0 Å². The first-order chi connectivity index (χ1) is 10.0. The summed E-state index contributed by atoms with van der Waals surface area (Å²) in [7, 11) is 0. The first kappa shape index (κ1) is 21.2. The zero-order valence-corrected chi connectivity index (χ0v) is 16.6. The molecule has 22 heavy (non-hydrogen) atoms. The van der Waals surface area contributed by atoms with E-state index in [1.807, 2.05) is 16.9 Å². The molecular formula is C15H31IN6. The molecule has 7 heteroatoms. The molecule has 0 aromatic carbocycles. The molecule has 0 aliphatic heterocycles. The number of halogens is 1. The molecule has 1 rings (SSSR count). The van der Waals surface area contributed by atoms with Gasteiger partial charge in [-0.1, -0.05) is 0 Å². The van der Waals surface area contributed by atoms with Crippen LogP contribution in [0.1, 0.15) is 34.1 Å². The molecule has 0 saturated heterocycles. The highest BCUT2D eigenvalue weighted by Crippen LogP contribution is 1.96. The predicted octanol–water partition coefficient (Wildman–Crippen LogP) is 1.83.